The lowest BCUT2D eigenvalue weighted by Crippen LogP contribution is -1.99. The average Bonchev–Trinajstić information content (AvgIpc) is 2.05. The molecule has 0 amide bonds. The molecule has 1 aliphatic rings. The SMILES string of the molecule is C1=Cc2ncncc2SN1. The number of hydrogen-bond acceptors (Lipinski definition) is 4. The van der Waals surface area contributed by atoms with Gasteiger partial charge in [-0.15, -0.1) is 0 Å². The molecular formula is C6H5N3S. The standard InChI is InChI=1S/C6H5N3S/c1-2-9-10-6-3-7-4-8-5(1)6/h1-4,9H. The van der Waals surface area contributed by atoms with Crippen molar-refractivity contribution in [1.82, 2.24) is 14.7 Å². The summed E-state index contributed by atoms with van der Waals surface area (Å²) in [6, 6.07) is 0. The number of aromatic nitrogens is 2. The van der Waals surface area contributed by atoms with Crippen LogP contribution in [0.15, 0.2) is 23.6 Å². The molecule has 0 spiro atoms. The highest BCUT2D eigenvalue weighted by atomic mass is 32.2. The van der Waals surface area contributed by atoms with Crippen molar-refractivity contribution < 1.29 is 0 Å². The van der Waals surface area contributed by atoms with Crippen LogP contribution in [0.25, 0.3) is 6.08 Å². The van der Waals surface area contributed by atoms with Crippen LogP contribution >= 0.6 is 11.9 Å². The second-order valence-electron chi connectivity index (χ2n) is 1.83. The van der Waals surface area contributed by atoms with E-state index in [2.05, 4.69) is 14.7 Å². The Hall–Kier alpha value is -1.03. The third-order valence-electron chi connectivity index (χ3n) is 1.19. The zero-order chi connectivity index (χ0) is 6.81. The predicted octanol–water partition coefficient (Wildman–Crippen LogP) is 1.06. The molecule has 0 fully saturated rings. The Labute approximate surface area is 62.7 Å². The molecule has 1 N–H and O–H groups in total. The second kappa shape index (κ2) is 2.30. The second-order valence-corrected chi connectivity index (χ2v) is 2.71. The van der Waals surface area contributed by atoms with Gasteiger partial charge in [-0.2, -0.15) is 0 Å². The Bertz CT molecular complexity index is 271. The van der Waals surface area contributed by atoms with Crippen molar-refractivity contribution in [3.05, 3.63) is 24.4 Å². The van der Waals surface area contributed by atoms with Crippen LogP contribution in [0.5, 0.6) is 0 Å². The lowest BCUT2D eigenvalue weighted by molar-refractivity contribution is 1.07. The van der Waals surface area contributed by atoms with E-state index < -0.39 is 0 Å². The summed E-state index contributed by atoms with van der Waals surface area (Å²) in [6.45, 7) is 0. The highest BCUT2D eigenvalue weighted by Crippen LogP contribution is 2.20. The van der Waals surface area contributed by atoms with Gasteiger partial charge < -0.3 is 4.72 Å². The molecule has 0 saturated heterocycles. The number of rotatable bonds is 0. The van der Waals surface area contributed by atoms with Crippen LogP contribution in [-0.2, 0) is 0 Å². The van der Waals surface area contributed by atoms with E-state index in [1.54, 1.807) is 12.5 Å². The zero-order valence-corrected chi connectivity index (χ0v) is 5.93. The summed E-state index contributed by atoms with van der Waals surface area (Å²) >= 11 is 1.53. The van der Waals surface area contributed by atoms with Gasteiger partial charge in [0, 0.05) is 12.4 Å². The van der Waals surface area contributed by atoms with Gasteiger partial charge in [-0.3, -0.25) is 0 Å². The van der Waals surface area contributed by atoms with Crippen LogP contribution < -0.4 is 4.72 Å². The molecule has 0 bridgehead atoms. The fourth-order valence-corrected chi connectivity index (χ4v) is 1.34. The number of nitrogens with one attached hydrogen (secondary N) is 1. The highest BCUT2D eigenvalue weighted by Gasteiger charge is 2.03. The van der Waals surface area contributed by atoms with Crippen LogP contribution in [0, 0.1) is 0 Å². The van der Waals surface area contributed by atoms with Gasteiger partial charge in [0.05, 0.1) is 10.6 Å². The maximum atomic E-state index is 4.06. The quantitative estimate of drug-likeness (QED) is 0.562. The minimum atomic E-state index is 0.985. The number of nitrogens with zero attached hydrogens (tertiary/aromatic N) is 2. The molecule has 2 rings (SSSR count). The van der Waals surface area contributed by atoms with Crippen molar-refractivity contribution in [3.63, 3.8) is 0 Å². The fourth-order valence-electron chi connectivity index (χ4n) is 0.741. The molecule has 0 saturated carbocycles. The van der Waals surface area contributed by atoms with Gasteiger partial charge in [-0.1, -0.05) is 0 Å². The lowest BCUT2D eigenvalue weighted by Gasteiger charge is -2.06. The van der Waals surface area contributed by atoms with Crippen molar-refractivity contribution in [2.75, 3.05) is 0 Å². The Morgan fingerprint density at radius 2 is 2.50 bits per heavy atom. The summed E-state index contributed by atoms with van der Waals surface area (Å²) in [5.41, 5.74) is 0.985. The van der Waals surface area contributed by atoms with Crippen LogP contribution in [0.2, 0.25) is 0 Å². The molecule has 1 aromatic rings. The molecule has 1 aromatic heterocycles. The molecule has 2 heterocycles. The normalized spacial score (nSPS) is 14.0. The monoisotopic (exact) mass is 151 g/mol. The van der Waals surface area contributed by atoms with E-state index >= 15 is 0 Å². The summed E-state index contributed by atoms with van der Waals surface area (Å²) in [7, 11) is 0. The first-order chi connectivity index (χ1) is 4.97. The lowest BCUT2D eigenvalue weighted by atomic mass is 10.4. The first-order valence-corrected chi connectivity index (χ1v) is 3.67. The molecule has 0 radical (unpaired) electrons. The van der Waals surface area contributed by atoms with Crippen molar-refractivity contribution in [3.8, 4) is 0 Å². The maximum absolute atomic E-state index is 4.06. The van der Waals surface area contributed by atoms with E-state index in [-0.39, 0.29) is 0 Å². The van der Waals surface area contributed by atoms with Gasteiger partial charge in [-0.25, -0.2) is 9.97 Å². The largest absolute Gasteiger partial charge is 0.332 e. The van der Waals surface area contributed by atoms with Crippen molar-refractivity contribution in [1.29, 1.82) is 0 Å². The van der Waals surface area contributed by atoms with E-state index in [0.29, 0.717) is 0 Å². The van der Waals surface area contributed by atoms with Gasteiger partial charge in [-0.05, 0) is 18.0 Å². The van der Waals surface area contributed by atoms with Gasteiger partial charge in [0.15, 0.2) is 0 Å². The molecule has 0 aliphatic carbocycles. The Kier molecular flexibility index (Phi) is 1.32. The molecule has 1 aliphatic heterocycles. The van der Waals surface area contributed by atoms with Crippen LogP contribution in [0.4, 0.5) is 0 Å². The topological polar surface area (TPSA) is 37.8 Å². The van der Waals surface area contributed by atoms with Crippen molar-refractivity contribution in [2.45, 2.75) is 4.90 Å². The third-order valence-corrected chi connectivity index (χ3v) is 1.97. The summed E-state index contributed by atoms with van der Waals surface area (Å²) in [4.78, 5) is 9.03. The summed E-state index contributed by atoms with van der Waals surface area (Å²) in [5.74, 6) is 0. The number of fused-ring (bicyclic) bond motifs is 1. The molecular weight excluding hydrogens is 146 g/mol. The maximum Gasteiger partial charge on any atom is 0.116 e. The summed E-state index contributed by atoms with van der Waals surface area (Å²) in [5, 5.41) is 0. The fraction of sp³-hybridized carbons (Fsp3) is 0. The van der Waals surface area contributed by atoms with Crippen molar-refractivity contribution in [2.24, 2.45) is 0 Å². The smallest absolute Gasteiger partial charge is 0.116 e. The zero-order valence-electron chi connectivity index (χ0n) is 5.11. The molecule has 3 nitrogen and oxygen atoms in total. The number of hydrogen-bond donors (Lipinski definition) is 1. The van der Waals surface area contributed by atoms with Gasteiger partial charge in [0.1, 0.15) is 6.33 Å². The molecule has 0 unspecified atom stereocenters. The van der Waals surface area contributed by atoms with E-state index in [4.69, 9.17) is 0 Å². The molecule has 0 aromatic carbocycles. The molecule has 10 heavy (non-hydrogen) atoms. The predicted molar refractivity (Wildman–Crippen MR) is 40.1 cm³/mol. The average molecular weight is 151 g/mol. The van der Waals surface area contributed by atoms with E-state index in [0.717, 1.165) is 10.6 Å². The Morgan fingerprint density at radius 1 is 1.50 bits per heavy atom. The molecule has 0 atom stereocenters. The summed E-state index contributed by atoms with van der Waals surface area (Å²) < 4.78 is 3.00. The van der Waals surface area contributed by atoms with Gasteiger partial charge in [0.2, 0.25) is 0 Å². The third kappa shape index (κ3) is 0.863. The first-order valence-electron chi connectivity index (χ1n) is 2.86. The van der Waals surface area contributed by atoms with E-state index in [9.17, 15) is 0 Å². The first kappa shape index (κ1) is 5.73. The van der Waals surface area contributed by atoms with Crippen LogP contribution in [0.1, 0.15) is 5.69 Å². The Morgan fingerprint density at radius 3 is 3.40 bits per heavy atom. The van der Waals surface area contributed by atoms with Gasteiger partial charge in [0.25, 0.3) is 0 Å². The van der Waals surface area contributed by atoms with E-state index in [1.807, 2.05) is 12.3 Å². The van der Waals surface area contributed by atoms with Crippen LogP contribution in [0.3, 0.4) is 0 Å². The minimum Gasteiger partial charge on any atom is -0.332 e. The van der Waals surface area contributed by atoms with Crippen LogP contribution in [-0.4, -0.2) is 9.97 Å². The van der Waals surface area contributed by atoms with Crippen molar-refractivity contribution >= 4 is 18.0 Å². The molecule has 50 valence electrons. The van der Waals surface area contributed by atoms with Gasteiger partial charge >= 0.3 is 0 Å². The summed E-state index contributed by atoms with van der Waals surface area (Å²) in [6.07, 6.45) is 7.13. The highest BCUT2D eigenvalue weighted by molar-refractivity contribution is 7.97. The molecule has 4 heteroatoms. The minimum absolute atomic E-state index is 0.985. The van der Waals surface area contributed by atoms with E-state index in [1.165, 1.54) is 11.9 Å². The Balaban J connectivity index is 2.54.